The van der Waals surface area contributed by atoms with Crippen LogP contribution >= 0.6 is 11.3 Å². The first-order valence-corrected chi connectivity index (χ1v) is 9.07. The average Bonchev–Trinajstić information content (AvgIpc) is 3.36. The normalized spacial score (nSPS) is 11.9. The molecule has 1 unspecified atom stereocenters. The van der Waals surface area contributed by atoms with Crippen LogP contribution in [0.2, 0.25) is 0 Å². The maximum atomic E-state index is 13.0. The Morgan fingerprint density at radius 2 is 1.74 bits per heavy atom. The number of nitrogen functional groups attached to an aromatic ring is 1. The SMILES string of the molecule is Nc1nnc(C(NC(=O)c2cn[nH]c2-c2ccccc2)c2ccccc2)s1. The monoisotopic (exact) mass is 376 g/mol. The van der Waals surface area contributed by atoms with Crippen LogP contribution in [0.3, 0.4) is 0 Å². The zero-order chi connectivity index (χ0) is 18.6. The first-order valence-electron chi connectivity index (χ1n) is 8.26. The zero-order valence-electron chi connectivity index (χ0n) is 14.2. The smallest absolute Gasteiger partial charge is 0.255 e. The lowest BCUT2D eigenvalue weighted by Crippen LogP contribution is -2.29. The van der Waals surface area contributed by atoms with E-state index in [1.165, 1.54) is 17.5 Å². The maximum Gasteiger partial charge on any atom is 0.255 e. The van der Waals surface area contributed by atoms with Gasteiger partial charge in [0, 0.05) is 5.56 Å². The number of hydrogen-bond donors (Lipinski definition) is 3. The molecule has 1 atom stereocenters. The van der Waals surface area contributed by atoms with Gasteiger partial charge >= 0.3 is 0 Å². The molecule has 0 saturated heterocycles. The Hall–Kier alpha value is -3.52. The second kappa shape index (κ2) is 7.38. The van der Waals surface area contributed by atoms with E-state index in [2.05, 4.69) is 25.7 Å². The molecular weight excluding hydrogens is 360 g/mol. The summed E-state index contributed by atoms with van der Waals surface area (Å²) in [5.74, 6) is -0.259. The van der Waals surface area contributed by atoms with E-state index in [4.69, 9.17) is 5.73 Å². The molecule has 2 heterocycles. The quantitative estimate of drug-likeness (QED) is 0.496. The highest BCUT2D eigenvalue weighted by Crippen LogP contribution is 2.27. The molecule has 2 aromatic carbocycles. The van der Waals surface area contributed by atoms with E-state index in [-0.39, 0.29) is 5.91 Å². The lowest BCUT2D eigenvalue weighted by Gasteiger charge is -2.16. The Kier molecular flexibility index (Phi) is 4.63. The molecule has 0 fully saturated rings. The molecule has 0 aliphatic heterocycles. The van der Waals surface area contributed by atoms with Crippen molar-refractivity contribution in [2.45, 2.75) is 6.04 Å². The number of carbonyl (C=O) groups excluding carboxylic acids is 1. The number of aromatic amines is 1. The fourth-order valence-corrected chi connectivity index (χ4v) is 3.48. The van der Waals surface area contributed by atoms with Crippen LogP contribution in [0.25, 0.3) is 11.3 Å². The van der Waals surface area contributed by atoms with Gasteiger partial charge < -0.3 is 11.1 Å². The summed E-state index contributed by atoms with van der Waals surface area (Å²) in [7, 11) is 0. The van der Waals surface area contributed by atoms with Crippen LogP contribution in [-0.4, -0.2) is 26.3 Å². The number of benzene rings is 2. The van der Waals surface area contributed by atoms with Gasteiger partial charge in [-0.3, -0.25) is 9.89 Å². The van der Waals surface area contributed by atoms with E-state index in [0.717, 1.165) is 11.1 Å². The highest BCUT2D eigenvalue weighted by Gasteiger charge is 2.24. The molecule has 0 radical (unpaired) electrons. The first-order chi connectivity index (χ1) is 13.2. The summed E-state index contributed by atoms with van der Waals surface area (Å²) in [6.07, 6.45) is 1.52. The highest BCUT2D eigenvalue weighted by molar-refractivity contribution is 7.15. The Morgan fingerprint density at radius 3 is 2.41 bits per heavy atom. The van der Waals surface area contributed by atoms with E-state index in [9.17, 15) is 4.79 Å². The fraction of sp³-hybridized carbons (Fsp3) is 0.0526. The van der Waals surface area contributed by atoms with Gasteiger partial charge in [0.25, 0.3) is 5.91 Å². The average molecular weight is 376 g/mol. The minimum Gasteiger partial charge on any atom is -0.374 e. The molecule has 0 aliphatic rings. The van der Waals surface area contributed by atoms with Gasteiger partial charge in [-0.05, 0) is 5.56 Å². The van der Waals surface area contributed by atoms with Crippen molar-refractivity contribution in [3.63, 3.8) is 0 Å². The number of rotatable bonds is 5. The summed E-state index contributed by atoms with van der Waals surface area (Å²) < 4.78 is 0. The molecule has 27 heavy (non-hydrogen) atoms. The Morgan fingerprint density at radius 1 is 1.04 bits per heavy atom. The molecule has 0 bridgehead atoms. The summed E-state index contributed by atoms with van der Waals surface area (Å²) in [6.45, 7) is 0. The van der Waals surface area contributed by atoms with Crippen LogP contribution in [0.15, 0.2) is 66.9 Å². The fourth-order valence-electron chi connectivity index (χ4n) is 2.79. The number of H-pyrrole nitrogens is 1. The molecule has 0 saturated carbocycles. The molecule has 0 aliphatic carbocycles. The zero-order valence-corrected chi connectivity index (χ0v) is 15.0. The maximum absolute atomic E-state index is 13.0. The number of nitrogens with two attached hydrogens (primary N) is 1. The van der Waals surface area contributed by atoms with Gasteiger partial charge in [0.05, 0.1) is 17.5 Å². The van der Waals surface area contributed by atoms with E-state index in [0.29, 0.717) is 21.4 Å². The van der Waals surface area contributed by atoms with Crippen LogP contribution < -0.4 is 11.1 Å². The van der Waals surface area contributed by atoms with Crippen LogP contribution in [0.1, 0.15) is 27.0 Å². The third-order valence-electron chi connectivity index (χ3n) is 4.06. The number of anilines is 1. The Balaban J connectivity index is 1.67. The molecule has 134 valence electrons. The lowest BCUT2D eigenvalue weighted by molar-refractivity contribution is 0.0943. The standard InChI is InChI=1S/C19H16N6OS/c20-19-25-24-18(27-19)16(13-9-5-2-6-10-13)22-17(26)14-11-21-23-15(14)12-7-3-1-4-8-12/h1-11,16H,(H2,20,25)(H,21,23)(H,22,26). The Bertz CT molecular complexity index is 1040. The van der Waals surface area contributed by atoms with Crippen molar-refractivity contribution in [3.05, 3.63) is 83.0 Å². The van der Waals surface area contributed by atoms with E-state index >= 15 is 0 Å². The largest absolute Gasteiger partial charge is 0.374 e. The van der Waals surface area contributed by atoms with Crippen molar-refractivity contribution in [1.29, 1.82) is 0 Å². The van der Waals surface area contributed by atoms with Crippen LogP contribution in [0, 0.1) is 0 Å². The Labute approximate surface area is 159 Å². The second-order valence-corrected chi connectivity index (χ2v) is 6.86. The summed E-state index contributed by atoms with van der Waals surface area (Å²) >= 11 is 1.25. The predicted molar refractivity (Wildman–Crippen MR) is 104 cm³/mol. The van der Waals surface area contributed by atoms with Crippen molar-refractivity contribution in [1.82, 2.24) is 25.7 Å². The summed E-state index contributed by atoms with van der Waals surface area (Å²) in [5.41, 5.74) is 8.64. The first kappa shape index (κ1) is 16.9. The van der Waals surface area contributed by atoms with Crippen LogP contribution in [0.4, 0.5) is 5.13 Å². The van der Waals surface area contributed by atoms with Crippen molar-refractivity contribution in [3.8, 4) is 11.3 Å². The van der Waals surface area contributed by atoms with Gasteiger partial charge in [-0.2, -0.15) is 5.10 Å². The molecule has 4 N–H and O–H groups in total. The molecule has 2 aromatic heterocycles. The van der Waals surface area contributed by atoms with E-state index in [1.807, 2.05) is 60.7 Å². The number of nitrogens with one attached hydrogen (secondary N) is 2. The van der Waals surface area contributed by atoms with Gasteiger partial charge in [0.1, 0.15) is 11.0 Å². The lowest BCUT2D eigenvalue weighted by atomic mass is 10.1. The minimum atomic E-state index is -0.452. The van der Waals surface area contributed by atoms with Gasteiger partial charge in [0.15, 0.2) is 0 Å². The number of carbonyl (C=O) groups is 1. The van der Waals surface area contributed by atoms with Crippen molar-refractivity contribution >= 4 is 22.4 Å². The molecule has 4 rings (SSSR count). The van der Waals surface area contributed by atoms with Crippen molar-refractivity contribution in [2.24, 2.45) is 0 Å². The third kappa shape index (κ3) is 3.56. The van der Waals surface area contributed by atoms with Gasteiger partial charge in [-0.15, -0.1) is 10.2 Å². The van der Waals surface area contributed by atoms with Gasteiger partial charge in [0.2, 0.25) is 5.13 Å². The van der Waals surface area contributed by atoms with Gasteiger partial charge in [-0.25, -0.2) is 0 Å². The summed E-state index contributed by atoms with van der Waals surface area (Å²) in [4.78, 5) is 13.0. The highest BCUT2D eigenvalue weighted by atomic mass is 32.1. The number of aromatic nitrogens is 4. The van der Waals surface area contributed by atoms with Crippen molar-refractivity contribution < 1.29 is 4.79 Å². The van der Waals surface area contributed by atoms with Crippen LogP contribution in [0.5, 0.6) is 0 Å². The predicted octanol–water partition coefficient (Wildman–Crippen LogP) is 3.03. The van der Waals surface area contributed by atoms with Crippen molar-refractivity contribution in [2.75, 3.05) is 5.73 Å². The van der Waals surface area contributed by atoms with Crippen LogP contribution in [-0.2, 0) is 0 Å². The molecule has 8 heteroatoms. The third-order valence-corrected chi connectivity index (χ3v) is 4.88. The van der Waals surface area contributed by atoms with Gasteiger partial charge in [-0.1, -0.05) is 72.0 Å². The second-order valence-electron chi connectivity index (χ2n) is 5.82. The molecule has 7 nitrogen and oxygen atoms in total. The molecular formula is C19H16N6OS. The summed E-state index contributed by atoms with van der Waals surface area (Å²) in [6, 6.07) is 18.7. The topological polar surface area (TPSA) is 110 Å². The minimum absolute atomic E-state index is 0.259. The number of amides is 1. The van der Waals surface area contributed by atoms with E-state index < -0.39 is 6.04 Å². The number of hydrogen-bond acceptors (Lipinski definition) is 6. The molecule has 4 aromatic rings. The molecule has 0 spiro atoms. The number of nitrogens with zero attached hydrogens (tertiary/aromatic N) is 3. The van der Waals surface area contributed by atoms with E-state index in [1.54, 1.807) is 0 Å². The molecule has 1 amide bonds. The summed E-state index contributed by atoms with van der Waals surface area (Å²) in [5, 5.41) is 18.9.